The van der Waals surface area contributed by atoms with Gasteiger partial charge in [-0.15, -0.1) is 0 Å². The van der Waals surface area contributed by atoms with Crippen LogP contribution in [0.5, 0.6) is 0 Å². The van der Waals surface area contributed by atoms with E-state index in [0.29, 0.717) is 17.7 Å². The number of nitrogens with zero attached hydrogens (tertiary/aromatic N) is 4. The molecule has 1 aliphatic rings. The van der Waals surface area contributed by atoms with Gasteiger partial charge in [-0.1, -0.05) is 15.9 Å². The fourth-order valence-electron chi connectivity index (χ4n) is 2.28. The van der Waals surface area contributed by atoms with Gasteiger partial charge < -0.3 is 0 Å². The van der Waals surface area contributed by atoms with E-state index < -0.39 is 0 Å². The SMILES string of the molecule is CC(C)n1ncnc1C1=CCC(c2ccc(Br)cc2F)=N1. The van der Waals surface area contributed by atoms with Crippen LogP contribution in [0, 0.1) is 5.82 Å². The molecule has 0 radical (unpaired) electrons. The fourth-order valence-corrected chi connectivity index (χ4v) is 2.61. The van der Waals surface area contributed by atoms with Crippen molar-refractivity contribution < 1.29 is 4.39 Å². The van der Waals surface area contributed by atoms with Crippen molar-refractivity contribution in [3.63, 3.8) is 0 Å². The minimum atomic E-state index is -0.275. The summed E-state index contributed by atoms with van der Waals surface area (Å²) in [5.74, 6) is 0.445. The summed E-state index contributed by atoms with van der Waals surface area (Å²) in [6.45, 7) is 4.07. The summed E-state index contributed by atoms with van der Waals surface area (Å²) in [5, 5.41) is 4.20. The Kier molecular flexibility index (Phi) is 3.71. The maximum Gasteiger partial charge on any atom is 0.176 e. The molecule has 6 heteroatoms. The molecule has 0 saturated heterocycles. The molecule has 1 aromatic carbocycles. The average Bonchev–Trinajstić information content (AvgIpc) is 3.06. The number of halogens is 2. The summed E-state index contributed by atoms with van der Waals surface area (Å²) in [6.07, 6.45) is 4.07. The summed E-state index contributed by atoms with van der Waals surface area (Å²) in [6, 6.07) is 5.21. The van der Waals surface area contributed by atoms with Crippen LogP contribution in [0.15, 0.2) is 40.1 Å². The van der Waals surface area contributed by atoms with Gasteiger partial charge in [-0.2, -0.15) is 5.10 Å². The first kappa shape index (κ1) is 14.1. The average molecular weight is 349 g/mol. The van der Waals surface area contributed by atoms with Crippen molar-refractivity contribution >= 4 is 27.3 Å². The predicted molar refractivity (Wildman–Crippen MR) is 83.6 cm³/mol. The highest BCUT2D eigenvalue weighted by molar-refractivity contribution is 9.10. The lowest BCUT2D eigenvalue weighted by Crippen LogP contribution is -2.07. The van der Waals surface area contributed by atoms with Crippen LogP contribution in [0.25, 0.3) is 5.70 Å². The van der Waals surface area contributed by atoms with Gasteiger partial charge in [0.2, 0.25) is 0 Å². The van der Waals surface area contributed by atoms with E-state index in [9.17, 15) is 4.39 Å². The van der Waals surface area contributed by atoms with Gasteiger partial charge in [-0.3, -0.25) is 0 Å². The minimum absolute atomic E-state index is 0.201. The number of hydrogen-bond acceptors (Lipinski definition) is 3. The molecule has 21 heavy (non-hydrogen) atoms. The van der Waals surface area contributed by atoms with Gasteiger partial charge in [0, 0.05) is 22.5 Å². The largest absolute Gasteiger partial charge is 0.249 e. The van der Waals surface area contributed by atoms with Gasteiger partial charge in [0.05, 0.1) is 5.71 Å². The van der Waals surface area contributed by atoms with Crippen molar-refractivity contribution in [1.29, 1.82) is 0 Å². The number of rotatable bonds is 3. The van der Waals surface area contributed by atoms with Crippen LogP contribution in [-0.2, 0) is 0 Å². The quantitative estimate of drug-likeness (QED) is 0.841. The van der Waals surface area contributed by atoms with E-state index in [-0.39, 0.29) is 11.9 Å². The molecule has 0 atom stereocenters. The molecule has 108 valence electrons. The lowest BCUT2D eigenvalue weighted by Gasteiger charge is -2.08. The second-order valence-corrected chi connectivity index (χ2v) is 6.01. The molecule has 0 N–H and O–H groups in total. The first-order valence-corrected chi connectivity index (χ1v) is 7.48. The lowest BCUT2D eigenvalue weighted by molar-refractivity contribution is 0.524. The fraction of sp³-hybridized carbons (Fsp3) is 0.267. The third kappa shape index (κ3) is 2.68. The van der Waals surface area contributed by atoms with E-state index in [1.807, 2.05) is 30.7 Å². The molecule has 0 bridgehead atoms. The topological polar surface area (TPSA) is 43.1 Å². The molecule has 1 aliphatic heterocycles. The van der Waals surface area contributed by atoms with Crippen LogP contribution < -0.4 is 0 Å². The molecule has 0 fully saturated rings. The Bertz CT molecular complexity index is 746. The van der Waals surface area contributed by atoms with Crippen molar-refractivity contribution in [1.82, 2.24) is 14.8 Å². The highest BCUT2D eigenvalue weighted by Crippen LogP contribution is 2.26. The minimum Gasteiger partial charge on any atom is -0.249 e. The highest BCUT2D eigenvalue weighted by Gasteiger charge is 2.19. The number of benzene rings is 1. The molecule has 2 heterocycles. The summed E-state index contributed by atoms with van der Waals surface area (Å²) < 4.78 is 16.5. The Labute approximate surface area is 130 Å². The summed E-state index contributed by atoms with van der Waals surface area (Å²) in [5.41, 5.74) is 1.99. The second kappa shape index (κ2) is 5.52. The summed E-state index contributed by atoms with van der Waals surface area (Å²) in [4.78, 5) is 8.79. The molecule has 0 aliphatic carbocycles. The van der Waals surface area contributed by atoms with Crippen LogP contribution >= 0.6 is 15.9 Å². The molecule has 1 aromatic heterocycles. The first-order valence-electron chi connectivity index (χ1n) is 6.69. The van der Waals surface area contributed by atoms with Gasteiger partial charge in [0.15, 0.2) is 5.82 Å². The second-order valence-electron chi connectivity index (χ2n) is 5.10. The van der Waals surface area contributed by atoms with Crippen LogP contribution in [0.1, 0.15) is 37.7 Å². The maximum atomic E-state index is 14.0. The molecule has 0 amide bonds. The van der Waals surface area contributed by atoms with E-state index in [0.717, 1.165) is 16.0 Å². The third-order valence-corrected chi connectivity index (χ3v) is 3.77. The maximum absolute atomic E-state index is 14.0. The molecule has 0 unspecified atom stereocenters. The van der Waals surface area contributed by atoms with Crippen molar-refractivity contribution in [2.45, 2.75) is 26.3 Å². The summed E-state index contributed by atoms with van der Waals surface area (Å²) in [7, 11) is 0. The Hall–Kier alpha value is -1.82. The monoisotopic (exact) mass is 348 g/mol. The number of aliphatic imine (C=N–C) groups is 1. The van der Waals surface area contributed by atoms with Gasteiger partial charge in [0.25, 0.3) is 0 Å². The molecule has 4 nitrogen and oxygen atoms in total. The summed E-state index contributed by atoms with van der Waals surface area (Å²) >= 11 is 3.26. The van der Waals surface area contributed by atoms with E-state index in [2.05, 4.69) is 31.0 Å². The van der Waals surface area contributed by atoms with Gasteiger partial charge >= 0.3 is 0 Å². The molecule has 2 aromatic rings. The van der Waals surface area contributed by atoms with E-state index in [4.69, 9.17) is 0 Å². The highest BCUT2D eigenvalue weighted by atomic mass is 79.9. The van der Waals surface area contributed by atoms with Crippen LogP contribution in [-0.4, -0.2) is 20.5 Å². The third-order valence-electron chi connectivity index (χ3n) is 3.28. The van der Waals surface area contributed by atoms with Gasteiger partial charge in [0.1, 0.15) is 17.8 Å². The lowest BCUT2D eigenvalue weighted by atomic mass is 10.1. The molecular formula is C15H14BrFN4. The molecular weight excluding hydrogens is 335 g/mol. The van der Waals surface area contributed by atoms with Crippen LogP contribution in [0.3, 0.4) is 0 Å². The van der Waals surface area contributed by atoms with Gasteiger partial charge in [-0.05, 0) is 38.1 Å². The van der Waals surface area contributed by atoms with Crippen molar-refractivity contribution in [3.05, 3.63) is 52.3 Å². The standard InChI is InChI=1S/C15H14BrFN4/c1-9(2)21-15(18-8-19-21)14-6-5-13(20-14)11-4-3-10(16)7-12(11)17/h3-4,6-9H,5H2,1-2H3. The van der Waals surface area contributed by atoms with Crippen LogP contribution in [0.2, 0.25) is 0 Å². The number of allylic oxidation sites excluding steroid dienone is 1. The molecule has 0 saturated carbocycles. The van der Waals surface area contributed by atoms with Gasteiger partial charge in [-0.25, -0.2) is 19.0 Å². The van der Waals surface area contributed by atoms with E-state index in [1.165, 1.54) is 12.4 Å². The molecule has 3 rings (SSSR count). The van der Waals surface area contributed by atoms with E-state index in [1.54, 1.807) is 6.07 Å². The normalized spacial score (nSPS) is 14.5. The Morgan fingerprint density at radius 1 is 1.33 bits per heavy atom. The van der Waals surface area contributed by atoms with Crippen molar-refractivity contribution in [3.8, 4) is 0 Å². The Morgan fingerprint density at radius 2 is 2.14 bits per heavy atom. The number of hydrogen-bond donors (Lipinski definition) is 0. The van der Waals surface area contributed by atoms with Crippen molar-refractivity contribution in [2.75, 3.05) is 0 Å². The Balaban J connectivity index is 1.95. The zero-order valence-electron chi connectivity index (χ0n) is 11.7. The zero-order chi connectivity index (χ0) is 15.0. The number of aromatic nitrogens is 3. The predicted octanol–water partition coefficient (Wildman–Crippen LogP) is 3.99. The first-order chi connectivity index (χ1) is 10.1. The Morgan fingerprint density at radius 3 is 2.86 bits per heavy atom. The zero-order valence-corrected chi connectivity index (χ0v) is 13.3. The van der Waals surface area contributed by atoms with Crippen LogP contribution in [0.4, 0.5) is 4.39 Å². The smallest absolute Gasteiger partial charge is 0.176 e. The van der Waals surface area contributed by atoms with E-state index >= 15 is 0 Å². The van der Waals surface area contributed by atoms with Crippen molar-refractivity contribution in [2.24, 2.45) is 4.99 Å². The molecule has 0 spiro atoms.